The monoisotopic (exact) mass is 287 g/mol. The zero-order chi connectivity index (χ0) is 13.9. The molecular weight excluding hydrogens is 273 g/mol. The molecule has 1 N–H and O–H groups in total. The number of anilines is 1. The molecule has 0 saturated heterocycles. The number of fused-ring (bicyclic) bond motifs is 1. The fourth-order valence-corrected chi connectivity index (χ4v) is 2.39. The van der Waals surface area contributed by atoms with Gasteiger partial charge in [-0.1, -0.05) is 0 Å². The summed E-state index contributed by atoms with van der Waals surface area (Å²) in [5, 5.41) is 2.59. The number of benzene rings is 1. The van der Waals surface area contributed by atoms with Gasteiger partial charge in [0.1, 0.15) is 6.16 Å². The summed E-state index contributed by atoms with van der Waals surface area (Å²) in [6, 6.07) is 4.98. The van der Waals surface area contributed by atoms with Gasteiger partial charge < -0.3 is 23.8 Å². The van der Waals surface area contributed by atoms with Crippen LogP contribution in [0.4, 0.5) is 5.69 Å². The Morgan fingerprint density at radius 1 is 1.32 bits per heavy atom. The molecule has 2 rings (SSSR count). The summed E-state index contributed by atoms with van der Waals surface area (Å²) in [6.45, 7) is 0.162. The zero-order valence-corrected chi connectivity index (χ0v) is 11.4. The van der Waals surface area contributed by atoms with Crippen LogP contribution in [0.3, 0.4) is 0 Å². The fourth-order valence-electron chi connectivity index (χ4n) is 1.55. The first kappa shape index (κ1) is 13.9. The molecule has 0 radical (unpaired) electrons. The highest BCUT2D eigenvalue weighted by atomic mass is 31.2. The van der Waals surface area contributed by atoms with Crippen molar-refractivity contribution in [2.24, 2.45) is 0 Å². The quantitative estimate of drug-likeness (QED) is 0.832. The van der Waals surface area contributed by atoms with Gasteiger partial charge in [-0.25, -0.2) is 0 Å². The molecule has 0 saturated carbocycles. The molecule has 19 heavy (non-hydrogen) atoms. The summed E-state index contributed by atoms with van der Waals surface area (Å²) in [6.07, 6.45) is -0.353. The van der Waals surface area contributed by atoms with Crippen molar-refractivity contribution >= 4 is 19.2 Å². The number of nitrogens with one attached hydrogen (secondary N) is 1. The number of amides is 1. The van der Waals surface area contributed by atoms with Gasteiger partial charge in [-0.05, 0) is 12.1 Å². The Morgan fingerprint density at radius 3 is 2.68 bits per heavy atom. The summed E-state index contributed by atoms with van der Waals surface area (Å²) >= 11 is 0. The predicted octanol–water partition coefficient (Wildman–Crippen LogP) is 1.84. The molecule has 1 aromatic carbocycles. The van der Waals surface area contributed by atoms with E-state index in [1.165, 1.54) is 14.2 Å². The standard InChI is InChI=1S/C11H14NO6P/c1-15-19(14,16-2)6-11(13)12-8-3-4-9-10(5-8)18-7-17-9/h3-5H,6-7H2,1-2H3,(H,12,13). The van der Waals surface area contributed by atoms with E-state index in [4.69, 9.17) is 18.5 Å². The maximum atomic E-state index is 11.8. The van der Waals surface area contributed by atoms with Crippen molar-refractivity contribution in [2.75, 3.05) is 32.5 Å². The molecule has 7 nitrogen and oxygen atoms in total. The van der Waals surface area contributed by atoms with E-state index in [1.54, 1.807) is 18.2 Å². The smallest absolute Gasteiger partial charge is 0.339 e. The molecule has 1 heterocycles. The predicted molar refractivity (Wildman–Crippen MR) is 67.7 cm³/mol. The van der Waals surface area contributed by atoms with E-state index in [1.807, 2.05) is 0 Å². The van der Waals surface area contributed by atoms with Gasteiger partial charge in [0.25, 0.3) is 0 Å². The number of ether oxygens (including phenoxy) is 2. The van der Waals surface area contributed by atoms with Gasteiger partial charge in [0, 0.05) is 26.0 Å². The average Bonchev–Trinajstić information content (AvgIpc) is 2.85. The molecular formula is C11H14NO6P. The number of carbonyl (C=O) groups excluding carboxylic acids is 1. The van der Waals surface area contributed by atoms with Crippen molar-refractivity contribution in [3.63, 3.8) is 0 Å². The van der Waals surface area contributed by atoms with Crippen LogP contribution in [-0.2, 0) is 18.4 Å². The van der Waals surface area contributed by atoms with Crippen molar-refractivity contribution < 1.29 is 27.9 Å². The summed E-state index contributed by atoms with van der Waals surface area (Å²) in [7, 11) is -0.890. The zero-order valence-electron chi connectivity index (χ0n) is 10.5. The minimum Gasteiger partial charge on any atom is -0.454 e. The van der Waals surface area contributed by atoms with Crippen LogP contribution in [0.5, 0.6) is 11.5 Å². The molecule has 1 aliphatic heterocycles. The van der Waals surface area contributed by atoms with E-state index in [0.717, 1.165) is 0 Å². The van der Waals surface area contributed by atoms with Gasteiger partial charge in [-0.2, -0.15) is 0 Å². The molecule has 0 atom stereocenters. The van der Waals surface area contributed by atoms with Gasteiger partial charge in [0.15, 0.2) is 11.5 Å². The first-order valence-corrected chi connectivity index (χ1v) is 7.19. The largest absolute Gasteiger partial charge is 0.454 e. The molecule has 0 bridgehead atoms. The highest BCUT2D eigenvalue weighted by Gasteiger charge is 2.25. The minimum atomic E-state index is -3.36. The number of carbonyl (C=O) groups is 1. The van der Waals surface area contributed by atoms with Crippen molar-refractivity contribution in [1.29, 1.82) is 0 Å². The van der Waals surface area contributed by atoms with Crippen molar-refractivity contribution in [2.45, 2.75) is 0 Å². The number of hydrogen-bond donors (Lipinski definition) is 1. The molecule has 1 aliphatic rings. The van der Waals surface area contributed by atoms with Crippen LogP contribution in [0.2, 0.25) is 0 Å². The Balaban J connectivity index is 2.01. The lowest BCUT2D eigenvalue weighted by atomic mass is 10.3. The van der Waals surface area contributed by atoms with Gasteiger partial charge in [0.05, 0.1) is 0 Å². The third-order valence-electron chi connectivity index (χ3n) is 2.55. The van der Waals surface area contributed by atoms with E-state index in [-0.39, 0.29) is 13.0 Å². The summed E-state index contributed by atoms with van der Waals surface area (Å²) in [5.74, 6) is 0.711. The van der Waals surface area contributed by atoms with Crippen LogP contribution < -0.4 is 14.8 Å². The second-order valence-electron chi connectivity index (χ2n) is 3.75. The van der Waals surface area contributed by atoms with Gasteiger partial charge in [-0.15, -0.1) is 0 Å². The molecule has 0 spiro atoms. The first-order valence-electron chi connectivity index (χ1n) is 5.46. The minimum absolute atomic E-state index is 0.162. The SMILES string of the molecule is COP(=O)(CC(=O)Nc1ccc2c(c1)OCO2)OC. The highest BCUT2D eigenvalue weighted by molar-refractivity contribution is 7.54. The Labute approximate surface area is 110 Å². The second-order valence-corrected chi connectivity index (χ2v) is 6.02. The second kappa shape index (κ2) is 5.61. The molecule has 8 heteroatoms. The Morgan fingerprint density at radius 2 is 2.00 bits per heavy atom. The van der Waals surface area contributed by atoms with Crippen LogP contribution in [0, 0.1) is 0 Å². The molecule has 0 fully saturated rings. The molecule has 1 aromatic rings. The van der Waals surface area contributed by atoms with Gasteiger partial charge in [-0.3, -0.25) is 9.36 Å². The third kappa shape index (κ3) is 3.26. The van der Waals surface area contributed by atoms with Crippen LogP contribution in [0.15, 0.2) is 18.2 Å². The van der Waals surface area contributed by atoms with Crippen LogP contribution in [0.1, 0.15) is 0 Å². The fraction of sp³-hybridized carbons (Fsp3) is 0.364. The lowest BCUT2D eigenvalue weighted by Gasteiger charge is -2.13. The van der Waals surface area contributed by atoms with Crippen molar-refractivity contribution in [1.82, 2.24) is 0 Å². The van der Waals surface area contributed by atoms with E-state index in [0.29, 0.717) is 17.2 Å². The maximum Gasteiger partial charge on any atom is 0.339 e. The lowest BCUT2D eigenvalue weighted by molar-refractivity contribution is -0.114. The van der Waals surface area contributed by atoms with E-state index >= 15 is 0 Å². The van der Waals surface area contributed by atoms with Crippen molar-refractivity contribution in [3.8, 4) is 11.5 Å². The summed E-state index contributed by atoms with van der Waals surface area (Å²) in [5.41, 5.74) is 0.521. The van der Waals surface area contributed by atoms with E-state index in [2.05, 4.69) is 5.32 Å². The Hall–Kier alpha value is -1.56. The van der Waals surface area contributed by atoms with Crippen molar-refractivity contribution in [3.05, 3.63) is 18.2 Å². The lowest BCUT2D eigenvalue weighted by Crippen LogP contribution is -2.17. The van der Waals surface area contributed by atoms with E-state index < -0.39 is 13.5 Å². The number of rotatable bonds is 5. The Bertz CT molecular complexity index is 524. The molecule has 0 aromatic heterocycles. The first-order chi connectivity index (χ1) is 9.06. The van der Waals surface area contributed by atoms with Crippen LogP contribution >= 0.6 is 7.60 Å². The molecule has 104 valence electrons. The topological polar surface area (TPSA) is 83.1 Å². The van der Waals surface area contributed by atoms with Crippen LogP contribution in [0.25, 0.3) is 0 Å². The van der Waals surface area contributed by atoms with Gasteiger partial charge >= 0.3 is 7.60 Å². The summed E-state index contributed by atoms with van der Waals surface area (Å²) < 4.78 is 31.5. The average molecular weight is 287 g/mol. The Kier molecular flexibility index (Phi) is 4.09. The third-order valence-corrected chi connectivity index (χ3v) is 4.34. The summed E-state index contributed by atoms with van der Waals surface area (Å²) in [4.78, 5) is 11.7. The number of hydrogen-bond acceptors (Lipinski definition) is 6. The normalized spacial score (nSPS) is 13.4. The molecule has 0 unspecified atom stereocenters. The maximum absolute atomic E-state index is 11.8. The molecule has 0 aliphatic carbocycles. The van der Waals surface area contributed by atoms with Gasteiger partial charge in [0.2, 0.25) is 12.7 Å². The van der Waals surface area contributed by atoms with Crippen LogP contribution in [-0.4, -0.2) is 33.1 Å². The van der Waals surface area contributed by atoms with E-state index in [9.17, 15) is 9.36 Å². The molecule has 1 amide bonds. The highest BCUT2D eigenvalue weighted by Crippen LogP contribution is 2.46.